The maximum absolute atomic E-state index is 12.9. The number of rotatable bonds is 6. The van der Waals surface area contributed by atoms with Crippen LogP contribution in [0.25, 0.3) is 21.7 Å². The molecule has 1 N–H and O–H groups in total. The van der Waals surface area contributed by atoms with Crippen molar-refractivity contribution in [3.8, 4) is 0 Å². The molecule has 2 heterocycles. The van der Waals surface area contributed by atoms with Crippen molar-refractivity contribution in [2.24, 2.45) is 0 Å². The Kier molecular flexibility index (Phi) is 5.69. The number of furan rings is 1. The summed E-state index contributed by atoms with van der Waals surface area (Å²) in [5.41, 5.74) is 2.95. The Hall–Kier alpha value is -3.15. The van der Waals surface area contributed by atoms with Crippen molar-refractivity contribution in [2.45, 2.75) is 12.5 Å². The smallest absolute Gasteiger partial charge is 0.224 e. The lowest BCUT2D eigenvalue weighted by Crippen LogP contribution is -2.44. The molecule has 5 rings (SSSR count). The fourth-order valence-electron chi connectivity index (χ4n) is 4.47. The summed E-state index contributed by atoms with van der Waals surface area (Å²) in [6, 6.07) is 22.7. The molecule has 5 nitrogen and oxygen atoms in total. The molecule has 4 aromatic rings. The number of morpholine rings is 1. The van der Waals surface area contributed by atoms with Crippen LogP contribution >= 0.6 is 0 Å². The van der Waals surface area contributed by atoms with Crippen molar-refractivity contribution >= 4 is 27.6 Å². The second kappa shape index (κ2) is 8.92. The monoisotopic (exact) mass is 414 g/mol. The Morgan fingerprint density at radius 3 is 2.58 bits per heavy atom. The number of fused-ring (bicyclic) bond motifs is 3. The van der Waals surface area contributed by atoms with Crippen LogP contribution in [0.3, 0.4) is 0 Å². The Morgan fingerprint density at radius 2 is 1.74 bits per heavy atom. The predicted molar refractivity (Wildman–Crippen MR) is 122 cm³/mol. The molecule has 0 radical (unpaired) electrons. The van der Waals surface area contributed by atoms with Crippen LogP contribution in [-0.4, -0.2) is 43.7 Å². The van der Waals surface area contributed by atoms with E-state index >= 15 is 0 Å². The summed E-state index contributed by atoms with van der Waals surface area (Å²) in [5, 5.41) is 6.46. The fraction of sp³-hybridized carbons (Fsp3) is 0.269. The van der Waals surface area contributed by atoms with Gasteiger partial charge in [0.25, 0.3) is 0 Å². The van der Waals surface area contributed by atoms with E-state index in [1.54, 1.807) is 6.26 Å². The number of nitrogens with zero attached hydrogens (tertiary/aromatic N) is 1. The van der Waals surface area contributed by atoms with E-state index in [0.717, 1.165) is 53.6 Å². The number of benzene rings is 3. The molecule has 1 atom stereocenters. The Balaban J connectivity index is 1.33. The Labute approximate surface area is 181 Å². The van der Waals surface area contributed by atoms with Gasteiger partial charge in [-0.1, -0.05) is 60.7 Å². The first-order chi connectivity index (χ1) is 15.3. The van der Waals surface area contributed by atoms with Crippen LogP contribution in [0.5, 0.6) is 0 Å². The van der Waals surface area contributed by atoms with Gasteiger partial charge in [0.1, 0.15) is 5.58 Å². The van der Waals surface area contributed by atoms with E-state index in [2.05, 4.69) is 40.5 Å². The minimum Gasteiger partial charge on any atom is -0.464 e. The number of hydrogen-bond donors (Lipinski definition) is 1. The number of amides is 1. The maximum Gasteiger partial charge on any atom is 0.224 e. The number of carbonyl (C=O) groups excluding carboxylic acids is 1. The Morgan fingerprint density at radius 1 is 0.968 bits per heavy atom. The van der Waals surface area contributed by atoms with E-state index < -0.39 is 0 Å². The average Bonchev–Trinajstić information content (AvgIpc) is 3.24. The lowest BCUT2D eigenvalue weighted by atomic mass is 10.0. The highest BCUT2D eigenvalue weighted by Gasteiger charge is 2.23. The molecule has 1 fully saturated rings. The molecular weight excluding hydrogens is 388 g/mol. The molecule has 3 aromatic carbocycles. The average molecular weight is 415 g/mol. The van der Waals surface area contributed by atoms with Crippen molar-refractivity contribution in [3.63, 3.8) is 0 Å². The third-order valence-corrected chi connectivity index (χ3v) is 6.05. The topological polar surface area (TPSA) is 54.7 Å². The van der Waals surface area contributed by atoms with E-state index in [1.165, 1.54) is 5.56 Å². The first-order valence-corrected chi connectivity index (χ1v) is 10.8. The van der Waals surface area contributed by atoms with Crippen LogP contribution in [0.2, 0.25) is 0 Å². The standard InChI is InChI=1S/C26H26N2O3/c29-25(16-21-18-31-24-11-10-19-6-4-5-9-22(19)26(21)24)27-17-23(20-7-2-1-3-8-20)28-12-14-30-15-13-28/h1-11,18,23H,12-17H2,(H,27,29). The molecule has 1 amide bonds. The second-order valence-electron chi connectivity index (χ2n) is 7.98. The van der Waals surface area contributed by atoms with Gasteiger partial charge in [0.15, 0.2) is 0 Å². The molecule has 31 heavy (non-hydrogen) atoms. The van der Waals surface area contributed by atoms with Crippen molar-refractivity contribution in [1.82, 2.24) is 10.2 Å². The number of hydrogen-bond acceptors (Lipinski definition) is 4. The van der Waals surface area contributed by atoms with Gasteiger partial charge in [0.05, 0.1) is 31.9 Å². The van der Waals surface area contributed by atoms with Crippen molar-refractivity contribution in [2.75, 3.05) is 32.8 Å². The van der Waals surface area contributed by atoms with E-state index in [0.29, 0.717) is 13.0 Å². The van der Waals surface area contributed by atoms with Crippen molar-refractivity contribution in [3.05, 3.63) is 84.1 Å². The van der Waals surface area contributed by atoms with E-state index in [4.69, 9.17) is 9.15 Å². The third kappa shape index (κ3) is 4.20. The van der Waals surface area contributed by atoms with Gasteiger partial charge >= 0.3 is 0 Å². The molecule has 158 valence electrons. The lowest BCUT2D eigenvalue weighted by Gasteiger charge is -2.35. The van der Waals surface area contributed by atoms with Gasteiger partial charge in [-0.15, -0.1) is 0 Å². The minimum atomic E-state index is 0.00447. The van der Waals surface area contributed by atoms with Crippen LogP contribution in [0, 0.1) is 0 Å². The first-order valence-electron chi connectivity index (χ1n) is 10.8. The van der Waals surface area contributed by atoms with Crippen molar-refractivity contribution < 1.29 is 13.9 Å². The SMILES string of the molecule is O=C(Cc1coc2ccc3ccccc3c12)NCC(c1ccccc1)N1CCOCC1. The van der Waals surface area contributed by atoms with Gasteiger partial charge in [-0.25, -0.2) is 0 Å². The van der Waals surface area contributed by atoms with Crippen LogP contribution in [0.15, 0.2) is 77.4 Å². The molecule has 0 aliphatic carbocycles. The Bertz CT molecular complexity index is 1180. The fourth-order valence-corrected chi connectivity index (χ4v) is 4.47. The number of ether oxygens (including phenoxy) is 1. The van der Waals surface area contributed by atoms with Crippen molar-refractivity contribution in [1.29, 1.82) is 0 Å². The van der Waals surface area contributed by atoms with Gasteiger partial charge in [0.2, 0.25) is 5.91 Å². The van der Waals surface area contributed by atoms with Crippen LogP contribution in [0.4, 0.5) is 0 Å². The summed E-state index contributed by atoms with van der Waals surface area (Å²) < 4.78 is 11.3. The summed E-state index contributed by atoms with van der Waals surface area (Å²) >= 11 is 0. The summed E-state index contributed by atoms with van der Waals surface area (Å²) in [4.78, 5) is 15.3. The third-order valence-electron chi connectivity index (χ3n) is 6.05. The van der Waals surface area contributed by atoms with E-state index in [-0.39, 0.29) is 11.9 Å². The van der Waals surface area contributed by atoms with Crippen LogP contribution < -0.4 is 5.32 Å². The summed E-state index contributed by atoms with van der Waals surface area (Å²) in [6.45, 7) is 3.76. The maximum atomic E-state index is 12.9. The predicted octanol–water partition coefficient (Wildman–Crippen LogP) is 4.32. The minimum absolute atomic E-state index is 0.00447. The molecule has 0 saturated carbocycles. The van der Waals surface area contributed by atoms with Crippen LogP contribution in [0.1, 0.15) is 17.2 Å². The molecule has 1 aliphatic heterocycles. The highest BCUT2D eigenvalue weighted by molar-refractivity contribution is 6.08. The van der Waals surface area contributed by atoms with Gasteiger partial charge in [0, 0.05) is 30.6 Å². The molecule has 1 aromatic heterocycles. The quantitative estimate of drug-likeness (QED) is 0.511. The molecular formula is C26H26N2O3. The van der Waals surface area contributed by atoms with E-state index in [1.807, 2.05) is 36.4 Å². The highest BCUT2D eigenvalue weighted by Crippen LogP contribution is 2.30. The van der Waals surface area contributed by atoms with Gasteiger partial charge < -0.3 is 14.5 Å². The molecule has 1 aliphatic rings. The highest BCUT2D eigenvalue weighted by atomic mass is 16.5. The van der Waals surface area contributed by atoms with Gasteiger partial charge in [-0.2, -0.15) is 0 Å². The number of carbonyl (C=O) groups is 1. The van der Waals surface area contributed by atoms with Gasteiger partial charge in [-0.3, -0.25) is 9.69 Å². The number of nitrogens with one attached hydrogen (secondary N) is 1. The summed E-state index contributed by atoms with van der Waals surface area (Å²) in [6.07, 6.45) is 2.01. The lowest BCUT2D eigenvalue weighted by molar-refractivity contribution is -0.120. The largest absolute Gasteiger partial charge is 0.464 e. The molecule has 1 saturated heterocycles. The molecule has 1 unspecified atom stereocenters. The zero-order chi connectivity index (χ0) is 21.0. The molecule has 0 bridgehead atoms. The molecule has 0 spiro atoms. The normalized spacial score (nSPS) is 15.9. The second-order valence-corrected chi connectivity index (χ2v) is 7.98. The zero-order valence-electron chi connectivity index (χ0n) is 17.4. The van der Waals surface area contributed by atoms with Crippen LogP contribution in [-0.2, 0) is 16.0 Å². The van der Waals surface area contributed by atoms with Gasteiger partial charge in [-0.05, 0) is 22.4 Å². The summed E-state index contributed by atoms with van der Waals surface area (Å²) in [7, 11) is 0. The zero-order valence-corrected chi connectivity index (χ0v) is 17.4. The molecule has 5 heteroatoms. The summed E-state index contributed by atoms with van der Waals surface area (Å²) in [5.74, 6) is 0.00447. The van der Waals surface area contributed by atoms with E-state index in [9.17, 15) is 4.79 Å². The first kappa shape index (κ1) is 19.8.